The number of nitrogens with one attached hydrogen (secondary N) is 1. The summed E-state index contributed by atoms with van der Waals surface area (Å²) in [6.07, 6.45) is 3.19. The van der Waals surface area contributed by atoms with E-state index < -0.39 is 0 Å². The summed E-state index contributed by atoms with van der Waals surface area (Å²) in [5.74, 6) is 0. The molecule has 1 aliphatic heterocycles. The summed E-state index contributed by atoms with van der Waals surface area (Å²) in [6, 6.07) is 2.68. The molecule has 114 valence electrons. The van der Waals surface area contributed by atoms with E-state index in [1.807, 2.05) is 17.9 Å². The molecule has 1 saturated heterocycles. The normalized spacial score (nSPS) is 28.8. The van der Waals surface area contributed by atoms with Gasteiger partial charge in [-0.3, -0.25) is 9.58 Å². The quantitative estimate of drug-likeness (QED) is 0.922. The SMILES string of the molecule is CCC1(C)CN(Cc2ccn(C)n2)C(C(C)(C)C)CN1. The van der Waals surface area contributed by atoms with Crippen molar-refractivity contribution in [3.05, 3.63) is 18.0 Å². The summed E-state index contributed by atoms with van der Waals surface area (Å²) in [5.41, 5.74) is 1.66. The first-order chi connectivity index (χ1) is 9.23. The van der Waals surface area contributed by atoms with E-state index >= 15 is 0 Å². The number of nitrogens with zero attached hydrogens (tertiary/aromatic N) is 3. The molecule has 0 aromatic carbocycles. The lowest BCUT2D eigenvalue weighted by atomic mass is 9.81. The monoisotopic (exact) mass is 278 g/mol. The van der Waals surface area contributed by atoms with Gasteiger partial charge in [-0.05, 0) is 24.8 Å². The standard InChI is InChI=1S/C16H30N4/c1-7-16(5)12-20(11-13-8-9-19(6)18-13)14(10-17-16)15(2,3)4/h8-9,14,17H,7,10-12H2,1-6H3. The Morgan fingerprint density at radius 1 is 1.45 bits per heavy atom. The minimum atomic E-state index is 0.219. The van der Waals surface area contributed by atoms with E-state index in [0.29, 0.717) is 6.04 Å². The lowest BCUT2D eigenvalue weighted by molar-refractivity contribution is 0.0195. The number of hydrogen-bond acceptors (Lipinski definition) is 3. The summed E-state index contributed by atoms with van der Waals surface area (Å²) in [7, 11) is 1.98. The minimum Gasteiger partial charge on any atom is -0.309 e. The van der Waals surface area contributed by atoms with E-state index in [1.165, 1.54) is 5.69 Å². The van der Waals surface area contributed by atoms with Crippen LogP contribution >= 0.6 is 0 Å². The van der Waals surface area contributed by atoms with Gasteiger partial charge in [0.1, 0.15) is 0 Å². The molecule has 1 N–H and O–H groups in total. The Morgan fingerprint density at radius 3 is 2.65 bits per heavy atom. The third kappa shape index (κ3) is 3.41. The van der Waals surface area contributed by atoms with Crippen molar-refractivity contribution >= 4 is 0 Å². The van der Waals surface area contributed by atoms with Crippen LogP contribution in [-0.4, -0.2) is 39.4 Å². The Balaban J connectivity index is 2.17. The molecule has 2 atom stereocenters. The first-order valence-electron chi connectivity index (χ1n) is 7.71. The van der Waals surface area contributed by atoms with Gasteiger partial charge in [0, 0.05) is 44.5 Å². The Hall–Kier alpha value is -0.870. The molecule has 0 amide bonds. The third-order valence-corrected chi connectivity index (χ3v) is 4.63. The van der Waals surface area contributed by atoms with Crippen LogP contribution in [-0.2, 0) is 13.6 Å². The van der Waals surface area contributed by atoms with Crippen LogP contribution in [0.4, 0.5) is 0 Å². The van der Waals surface area contributed by atoms with Crippen LogP contribution in [0, 0.1) is 5.41 Å². The highest BCUT2D eigenvalue weighted by Crippen LogP contribution is 2.30. The molecule has 2 heterocycles. The zero-order valence-electron chi connectivity index (χ0n) is 13.9. The van der Waals surface area contributed by atoms with Gasteiger partial charge in [-0.25, -0.2) is 0 Å². The second kappa shape index (κ2) is 5.49. The van der Waals surface area contributed by atoms with Gasteiger partial charge < -0.3 is 5.32 Å². The Kier molecular flexibility index (Phi) is 4.26. The average molecular weight is 278 g/mol. The van der Waals surface area contributed by atoms with Crippen LogP contribution in [0.25, 0.3) is 0 Å². The van der Waals surface area contributed by atoms with E-state index in [-0.39, 0.29) is 11.0 Å². The van der Waals surface area contributed by atoms with Crippen molar-refractivity contribution in [2.24, 2.45) is 12.5 Å². The van der Waals surface area contributed by atoms with E-state index in [0.717, 1.165) is 26.1 Å². The van der Waals surface area contributed by atoms with Gasteiger partial charge in [0.25, 0.3) is 0 Å². The topological polar surface area (TPSA) is 33.1 Å². The first-order valence-corrected chi connectivity index (χ1v) is 7.71. The van der Waals surface area contributed by atoms with Crippen molar-refractivity contribution in [1.82, 2.24) is 20.0 Å². The van der Waals surface area contributed by atoms with Crippen molar-refractivity contribution in [2.45, 2.75) is 59.2 Å². The molecule has 1 aromatic rings. The average Bonchev–Trinajstić information content (AvgIpc) is 2.73. The number of aromatic nitrogens is 2. The van der Waals surface area contributed by atoms with Crippen LogP contribution in [0.1, 0.15) is 46.7 Å². The molecule has 0 spiro atoms. The molecular formula is C16H30N4. The van der Waals surface area contributed by atoms with Gasteiger partial charge in [-0.15, -0.1) is 0 Å². The molecule has 4 nitrogen and oxygen atoms in total. The number of aryl methyl sites for hydroxylation is 1. The fourth-order valence-electron chi connectivity index (χ4n) is 3.10. The molecule has 20 heavy (non-hydrogen) atoms. The van der Waals surface area contributed by atoms with Crippen LogP contribution < -0.4 is 5.32 Å². The number of rotatable bonds is 3. The van der Waals surface area contributed by atoms with E-state index in [1.54, 1.807) is 0 Å². The zero-order valence-corrected chi connectivity index (χ0v) is 13.9. The molecule has 0 radical (unpaired) electrons. The second-order valence-electron chi connectivity index (χ2n) is 7.56. The molecule has 2 unspecified atom stereocenters. The molecule has 4 heteroatoms. The first kappa shape index (κ1) is 15.5. The predicted molar refractivity (Wildman–Crippen MR) is 83.6 cm³/mol. The lowest BCUT2D eigenvalue weighted by Gasteiger charge is -2.50. The molecule has 0 saturated carbocycles. The van der Waals surface area contributed by atoms with Crippen molar-refractivity contribution in [3.63, 3.8) is 0 Å². The Labute approximate surface area is 123 Å². The zero-order chi connectivity index (χ0) is 15.0. The third-order valence-electron chi connectivity index (χ3n) is 4.63. The van der Waals surface area contributed by atoms with E-state index in [9.17, 15) is 0 Å². The van der Waals surface area contributed by atoms with Gasteiger partial charge in [-0.2, -0.15) is 5.10 Å². The summed E-state index contributed by atoms with van der Waals surface area (Å²) >= 11 is 0. The van der Waals surface area contributed by atoms with Crippen LogP contribution in [0.5, 0.6) is 0 Å². The van der Waals surface area contributed by atoms with Crippen LogP contribution in [0.2, 0.25) is 0 Å². The summed E-state index contributed by atoms with van der Waals surface area (Å²) < 4.78 is 1.89. The van der Waals surface area contributed by atoms with Crippen molar-refractivity contribution in [2.75, 3.05) is 13.1 Å². The molecule has 1 aromatic heterocycles. The molecule has 0 aliphatic carbocycles. The van der Waals surface area contributed by atoms with E-state index in [4.69, 9.17) is 0 Å². The second-order valence-corrected chi connectivity index (χ2v) is 7.56. The maximum absolute atomic E-state index is 4.55. The smallest absolute Gasteiger partial charge is 0.0764 e. The van der Waals surface area contributed by atoms with Crippen molar-refractivity contribution in [3.8, 4) is 0 Å². The maximum Gasteiger partial charge on any atom is 0.0764 e. The van der Waals surface area contributed by atoms with E-state index in [2.05, 4.69) is 56.0 Å². The van der Waals surface area contributed by atoms with Crippen LogP contribution in [0.3, 0.4) is 0 Å². The van der Waals surface area contributed by atoms with Gasteiger partial charge >= 0.3 is 0 Å². The summed E-state index contributed by atoms with van der Waals surface area (Å²) in [4.78, 5) is 2.61. The van der Waals surface area contributed by atoms with Crippen LogP contribution in [0.15, 0.2) is 12.3 Å². The number of hydrogen-bond donors (Lipinski definition) is 1. The van der Waals surface area contributed by atoms with Crippen molar-refractivity contribution in [1.29, 1.82) is 0 Å². The Bertz CT molecular complexity index is 446. The highest BCUT2D eigenvalue weighted by Gasteiger charge is 2.39. The van der Waals surface area contributed by atoms with Gasteiger partial charge in [0.15, 0.2) is 0 Å². The fraction of sp³-hybridized carbons (Fsp3) is 0.812. The summed E-state index contributed by atoms with van der Waals surface area (Å²) in [5, 5.41) is 8.30. The van der Waals surface area contributed by atoms with Gasteiger partial charge in [0.2, 0.25) is 0 Å². The largest absolute Gasteiger partial charge is 0.309 e. The summed E-state index contributed by atoms with van der Waals surface area (Å²) in [6.45, 7) is 14.7. The van der Waals surface area contributed by atoms with Gasteiger partial charge in [0.05, 0.1) is 5.69 Å². The minimum absolute atomic E-state index is 0.219. The molecule has 0 bridgehead atoms. The fourth-order valence-corrected chi connectivity index (χ4v) is 3.10. The molecule has 1 fully saturated rings. The molecule has 2 rings (SSSR count). The molecule has 1 aliphatic rings. The molecular weight excluding hydrogens is 248 g/mol. The predicted octanol–water partition coefficient (Wildman–Crippen LogP) is 2.41. The maximum atomic E-state index is 4.55. The Morgan fingerprint density at radius 2 is 2.15 bits per heavy atom. The highest BCUT2D eigenvalue weighted by atomic mass is 15.3. The highest BCUT2D eigenvalue weighted by molar-refractivity contribution is 5.04. The lowest BCUT2D eigenvalue weighted by Crippen LogP contribution is -2.65. The number of piperazine rings is 1. The van der Waals surface area contributed by atoms with Crippen molar-refractivity contribution < 1.29 is 0 Å². The van der Waals surface area contributed by atoms with Gasteiger partial charge in [-0.1, -0.05) is 27.7 Å².